The second-order valence-corrected chi connectivity index (χ2v) is 2.38. The minimum atomic E-state index is 0.987. The van der Waals surface area contributed by atoms with Gasteiger partial charge in [0.1, 0.15) is 0 Å². The van der Waals surface area contributed by atoms with Crippen molar-refractivity contribution in [3.8, 4) is 0 Å². The van der Waals surface area contributed by atoms with Crippen LogP contribution in [-0.4, -0.2) is 11.4 Å². The first-order valence-electron chi connectivity index (χ1n) is 3.77. The predicted octanol–water partition coefficient (Wildman–Crippen LogP) is 2.64. The summed E-state index contributed by atoms with van der Waals surface area (Å²) in [6.45, 7) is 8.14. The molecule has 0 aromatic rings. The third-order valence-corrected chi connectivity index (χ3v) is 1.41. The second-order valence-electron chi connectivity index (χ2n) is 2.38. The smallest absolute Gasteiger partial charge is 0.0372 e. The molecule has 10 heavy (non-hydrogen) atoms. The predicted molar refractivity (Wildman–Crippen MR) is 46.8 cm³/mol. The van der Waals surface area contributed by atoms with Gasteiger partial charge in [-0.15, -0.1) is 0 Å². The van der Waals surface area contributed by atoms with E-state index in [0.29, 0.717) is 0 Å². The molecule has 0 aliphatic rings. The minimum Gasteiger partial charge on any atom is -0.161 e. The van der Waals surface area contributed by atoms with E-state index >= 15 is 0 Å². The molecule has 58 valence electrons. The van der Waals surface area contributed by atoms with Crippen molar-refractivity contribution in [2.45, 2.75) is 40.5 Å². The molecule has 0 amide bonds. The normalized spacial score (nSPS) is 14.0. The largest absolute Gasteiger partial charge is 0.161 e. The summed E-state index contributed by atoms with van der Waals surface area (Å²) in [7, 11) is 0. The zero-order valence-electron chi connectivity index (χ0n) is 7.31. The highest BCUT2D eigenvalue weighted by Gasteiger charge is 1.84. The van der Waals surface area contributed by atoms with Gasteiger partial charge < -0.3 is 0 Å². The first-order valence-corrected chi connectivity index (χ1v) is 3.77. The quantitative estimate of drug-likeness (QED) is 0.425. The molecule has 0 saturated heterocycles. The Morgan fingerprint density at radius 1 is 0.900 bits per heavy atom. The van der Waals surface area contributed by atoms with E-state index < -0.39 is 0 Å². The van der Waals surface area contributed by atoms with Crippen molar-refractivity contribution >= 4 is 11.4 Å². The van der Waals surface area contributed by atoms with Crippen LogP contribution in [0.2, 0.25) is 0 Å². The van der Waals surface area contributed by atoms with Crippen LogP contribution in [0.15, 0.2) is 10.2 Å². The van der Waals surface area contributed by atoms with Gasteiger partial charge in [-0.1, -0.05) is 13.8 Å². The van der Waals surface area contributed by atoms with E-state index in [-0.39, 0.29) is 0 Å². The molecule has 0 fully saturated rings. The molecule has 0 heterocycles. The molecule has 0 aromatic carbocycles. The monoisotopic (exact) mass is 140 g/mol. The van der Waals surface area contributed by atoms with Gasteiger partial charge in [0.2, 0.25) is 0 Å². The molecular weight excluding hydrogens is 124 g/mol. The SMILES string of the molecule is CC/C(C)=N\N=C(\C)CC. The Labute approximate surface area is 63.1 Å². The summed E-state index contributed by atoms with van der Waals surface area (Å²) in [5.74, 6) is 0. The van der Waals surface area contributed by atoms with Crippen molar-refractivity contribution in [3.05, 3.63) is 0 Å². The first kappa shape index (κ1) is 9.34. The van der Waals surface area contributed by atoms with Crippen molar-refractivity contribution in [2.24, 2.45) is 10.2 Å². The van der Waals surface area contributed by atoms with Gasteiger partial charge in [-0.25, -0.2) is 0 Å². The van der Waals surface area contributed by atoms with Gasteiger partial charge in [-0.3, -0.25) is 0 Å². The molecule has 0 N–H and O–H groups in total. The average molecular weight is 140 g/mol. The summed E-state index contributed by atoms with van der Waals surface area (Å²) in [4.78, 5) is 0. The standard InChI is InChI=1S/C8H16N2/c1-5-7(3)9-10-8(4)6-2/h5-6H2,1-4H3/b9-7-,10-8-. The summed E-state index contributed by atoms with van der Waals surface area (Å²) >= 11 is 0. The molecule has 2 heteroatoms. The topological polar surface area (TPSA) is 24.7 Å². The van der Waals surface area contributed by atoms with E-state index in [9.17, 15) is 0 Å². The summed E-state index contributed by atoms with van der Waals surface area (Å²) in [6.07, 6.45) is 1.97. The van der Waals surface area contributed by atoms with E-state index in [4.69, 9.17) is 0 Å². The lowest BCUT2D eigenvalue weighted by atomic mass is 10.3. The molecule has 0 atom stereocenters. The van der Waals surface area contributed by atoms with E-state index in [1.54, 1.807) is 0 Å². The maximum Gasteiger partial charge on any atom is 0.0372 e. The van der Waals surface area contributed by atoms with Gasteiger partial charge in [-0.05, 0) is 26.7 Å². The fourth-order valence-electron chi connectivity index (χ4n) is 0.312. The van der Waals surface area contributed by atoms with Crippen LogP contribution in [0.1, 0.15) is 40.5 Å². The summed E-state index contributed by atoms with van der Waals surface area (Å²) in [5, 5.41) is 8.04. The van der Waals surface area contributed by atoms with Crippen LogP contribution < -0.4 is 0 Å². The van der Waals surface area contributed by atoms with Crippen LogP contribution in [0.25, 0.3) is 0 Å². The van der Waals surface area contributed by atoms with Crippen molar-refractivity contribution in [2.75, 3.05) is 0 Å². The molecule has 0 aliphatic carbocycles. The van der Waals surface area contributed by atoms with Crippen molar-refractivity contribution in [3.63, 3.8) is 0 Å². The zero-order valence-corrected chi connectivity index (χ0v) is 7.31. The molecular formula is C8H16N2. The third-order valence-electron chi connectivity index (χ3n) is 1.41. The Hall–Kier alpha value is -0.660. The zero-order chi connectivity index (χ0) is 7.98. The Morgan fingerprint density at radius 2 is 1.20 bits per heavy atom. The highest BCUT2D eigenvalue weighted by atomic mass is 15.2. The molecule has 0 aromatic heterocycles. The maximum atomic E-state index is 4.02. The van der Waals surface area contributed by atoms with Crippen molar-refractivity contribution < 1.29 is 0 Å². The van der Waals surface area contributed by atoms with Gasteiger partial charge >= 0.3 is 0 Å². The van der Waals surface area contributed by atoms with E-state index in [2.05, 4.69) is 24.1 Å². The number of nitrogens with zero attached hydrogens (tertiary/aromatic N) is 2. The minimum absolute atomic E-state index is 0.987. The Bertz CT molecular complexity index is 127. The van der Waals surface area contributed by atoms with Crippen molar-refractivity contribution in [1.29, 1.82) is 0 Å². The maximum absolute atomic E-state index is 4.02. The molecule has 0 unspecified atom stereocenters. The summed E-state index contributed by atoms with van der Waals surface area (Å²) in [6, 6.07) is 0. The highest BCUT2D eigenvalue weighted by Crippen LogP contribution is 1.89. The van der Waals surface area contributed by atoms with Gasteiger partial charge in [0, 0.05) is 11.4 Å². The lowest BCUT2D eigenvalue weighted by molar-refractivity contribution is 1.12. The molecule has 2 nitrogen and oxygen atoms in total. The van der Waals surface area contributed by atoms with Gasteiger partial charge in [0.05, 0.1) is 0 Å². The Morgan fingerprint density at radius 3 is 1.40 bits per heavy atom. The Kier molecular flexibility index (Phi) is 4.81. The van der Waals surface area contributed by atoms with Gasteiger partial charge in [-0.2, -0.15) is 10.2 Å². The van der Waals surface area contributed by atoms with Crippen LogP contribution in [0, 0.1) is 0 Å². The number of rotatable bonds is 3. The van der Waals surface area contributed by atoms with E-state index in [1.807, 2.05) is 13.8 Å². The first-order chi connectivity index (χ1) is 4.70. The molecule has 0 spiro atoms. The van der Waals surface area contributed by atoms with Gasteiger partial charge in [0.25, 0.3) is 0 Å². The second kappa shape index (κ2) is 5.15. The number of hydrogen-bond acceptors (Lipinski definition) is 2. The third kappa shape index (κ3) is 4.24. The average Bonchev–Trinajstić information content (AvgIpc) is 1.99. The Balaban J connectivity index is 3.91. The number of hydrogen-bond donors (Lipinski definition) is 0. The fourth-order valence-corrected chi connectivity index (χ4v) is 0.312. The molecule has 0 saturated carbocycles. The molecule has 0 radical (unpaired) electrons. The van der Waals surface area contributed by atoms with Crippen LogP contribution in [0.5, 0.6) is 0 Å². The summed E-state index contributed by atoms with van der Waals surface area (Å²) in [5.41, 5.74) is 2.18. The molecule has 0 rings (SSSR count). The van der Waals surface area contributed by atoms with Crippen molar-refractivity contribution in [1.82, 2.24) is 0 Å². The van der Waals surface area contributed by atoms with Crippen LogP contribution in [0.3, 0.4) is 0 Å². The van der Waals surface area contributed by atoms with Crippen LogP contribution in [0.4, 0.5) is 0 Å². The van der Waals surface area contributed by atoms with E-state index in [0.717, 1.165) is 24.3 Å². The summed E-state index contributed by atoms with van der Waals surface area (Å²) < 4.78 is 0. The van der Waals surface area contributed by atoms with E-state index in [1.165, 1.54) is 0 Å². The van der Waals surface area contributed by atoms with Crippen LogP contribution >= 0.6 is 0 Å². The lowest BCUT2D eigenvalue weighted by Gasteiger charge is -1.91. The highest BCUT2D eigenvalue weighted by molar-refractivity contribution is 5.85. The molecule has 0 aliphatic heterocycles. The molecule has 0 bridgehead atoms. The van der Waals surface area contributed by atoms with Gasteiger partial charge in [0.15, 0.2) is 0 Å². The fraction of sp³-hybridized carbons (Fsp3) is 0.750. The lowest BCUT2D eigenvalue weighted by Crippen LogP contribution is -1.89. The van der Waals surface area contributed by atoms with Crippen LogP contribution in [-0.2, 0) is 0 Å².